The first-order chi connectivity index (χ1) is 11.1. The summed E-state index contributed by atoms with van der Waals surface area (Å²) in [6.45, 7) is 4.22. The molecule has 4 aliphatic heterocycles. The second-order valence-corrected chi connectivity index (χ2v) is 6.92. The Labute approximate surface area is 135 Å². The van der Waals surface area contributed by atoms with Crippen molar-refractivity contribution in [2.24, 2.45) is 11.8 Å². The Hall–Kier alpha value is -1.40. The molecule has 3 saturated heterocycles. The van der Waals surface area contributed by atoms with Gasteiger partial charge in [0, 0.05) is 13.2 Å². The SMILES string of the molecule is CCCOC(=O)[C@@H]1[C@H]2C=C[C@@]3(CN(C[C@@H]4CCCO4)C(=O)[C@@H]13)O2. The quantitative estimate of drug-likeness (QED) is 0.556. The maximum atomic E-state index is 12.9. The molecule has 4 aliphatic rings. The van der Waals surface area contributed by atoms with Crippen molar-refractivity contribution in [3.63, 3.8) is 0 Å². The average Bonchev–Trinajstić information content (AvgIpc) is 3.28. The van der Waals surface area contributed by atoms with Gasteiger partial charge in [0.05, 0.1) is 31.3 Å². The van der Waals surface area contributed by atoms with E-state index in [0.29, 0.717) is 19.7 Å². The van der Waals surface area contributed by atoms with Crippen LogP contribution in [0.2, 0.25) is 0 Å². The summed E-state index contributed by atoms with van der Waals surface area (Å²) >= 11 is 0. The molecular formula is C17H23NO5. The number of hydrogen-bond donors (Lipinski definition) is 0. The fourth-order valence-corrected chi connectivity index (χ4v) is 4.33. The van der Waals surface area contributed by atoms with E-state index in [1.807, 2.05) is 24.0 Å². The number of hydrogen-bond acceptors (Lipinski definition) is 5. The predicted octanol–water partition coefficient (Wildman–Crippen LogP) is 0.901. The number of likely N-dealkylation sites (tertiary alicyclic amines) is 1. The molecule has 23 heavy (non-hydrogen) atoms. The minimum atomic E-state index is -0.643. The second kappa shape index (κ2) is 5.60. The maximum Gasteiger partial charge on any atom is 0.312 e. The molecule has 0 aromatic rings. The van der Waals surface area contributed by atoms with Gasteiger partial charge in [-0.15, -0.1) is 0 Å². The summed E-state index contributed by atoms with van der Waals surface area (Å²) in [7, 11) is 0. The monoisotopic (exact) mass is 321 g/mol. The zero-order chi connectivity index (χ0) is 16.0. The Bertz CT molecular complexity index is 541. The van der Waals surface area contributed by atoms with Crippen LogP contribution in [0.4, 0.5) is 0 Å². The van der Waals surface area contributed by atoms with Crippen LogP contribution in [0.15, 0.2) is 12.2 Å². The van der Waals surface area contributed by atoms with Crippen molar-refractivity contribution in [1.29, 1.82) is 0 Å². The van der Waals surface area contributed by atoms with E-state index in [9.17, 15) is 9.59 Å². The van der Waals surface area contributed by atoms with Crippen LogP contribution in [0.3, 0.4) is 0 Å². The van der Waals surface area contributed by atoms with Crippen LogP contribution < -0.4 is 0 Å². The van der Waals surface area contributed by atoms with E-state index < -0.39 is 17.4 Å². The third kappa shape index (κ3) is 2.31. The molecule has 2 bridgehead atoms. The smallest absolute Gasteiger partial charge is 0.312 e. The van der Waals surface area contributed by atoms with E-state index in [2.05, 4.69) is 0 Å². The summed E-state index contributed by atoms with van der Waals surface area (Å²) in [4.78, 5) is 27.1. The summed E-state index contributed by atoms with van der Waals surface area (Å²) in [5, 5.41) is 0. The van der Waals surface area contributed by atoms with Crippen LogP contribution >= 0.6 is 0 Å². The molecule has 4 heterocycles. The summed E-state index contributed by atoms with van der Waals surface area (Å²) in [5.74, 6) is -1.25. The van der Waals surface area contributed by atoms with E-state index >= 15 is 0 Å². The van der Waals surface area contributed by atoms with Crippen molar-refractivity contribution in [3.05, 3.63) is 12.2 Å². The van der Waals surface area contributed by atoms with Gasteiger partial charge in [-0.1, -0.05) is 19.1 Å². The lowest BCUT2D eigenvalue weighted by molar-refractivity contribution is -0.154. The highest BCUT2D eigenvalue weighted by Gasteiger charge is 2.67. The van der Waals surface area contributed by atoms with Crippen LogP contribution in [0.1, 0.15) is 26.2 Å². The summed E-state index contributed by atoms with van der Waals surface area (Å²) in [6.07, 6.45) is 6.48. The van der Waals surface area contributed by atoms with Gasteiger partial charge < -0.3 is 19.1 Å². The minimum absolute atomic E-state index is 0.00537. The van der Waals surface area contributed by atoms with E-state index in [4.69, 9.17) is 14.2 Å². The Balaban J connectivity index is 1.52. The Morgan fingerprint density at radius 1 is 1.52 bits per heavy atom. The molecule has 0 aliphatic carbocycles. The van der Waals surface area contributed by atoms with E-state index in [0.717, 1.165) is 25.9 Å². The van der Waals surface area contributed by atoms with Crippen LogP contribution in [0.25, 0.3) is 0 Å². The third-order valence-electron chi connectivity index (χ3n) is 5.35. The van der Waals surface area contributed by atoms with Gasteiger partial charge in [-0.2, -0.15) is 0 Å². The zero-order valence-electron chi connectivity index (χ0n) is 13.4. The highest BCUT2D eigenvalue weighted by atomic mass is 16.6. The third-order valence-corrected chi connectivity index (χ3v) is 5.35. The van der Waals surface area contributed by atoms with Crippen LogP contribution in [0, 0.1) is 11.8 Å². The van der Waals surface area contributed by atoms with Gasteiger partial charge in [0.15, 0.2) is 0 Å². The van der Waals surface area contributed by atoms with Gasteiger partial charge in [-0.25, -0.2) is 0 Å². The largest absolute Gasteiger partial charge is 0.465 e. The molecule has 5 atom stereocenters. The molecular weight excluding hydrogens is 298 g/mol. The molecule has 6 heteroatoms. The molecule has 0 unspecified atom stereocenters. The predicted molar refractivity (Wildman–Crippen MR) is 80.5 cm³/mol. The number of ether oxygens (including phenoxy) is 3. The standard InChI is InChI=1S/C17H23NO5/c1-2-7-22-16(20)13-12-5-6-17(23-12)10-18(15(19)14(13)17)9-11-4-3-8-21-11/h5-6,11-14H,2-4,7-10H2,1H3/t11-,12+,13+,14+,17-/m0/s1. The summed E-state index contributed by atoms with van der Waals surface area (Å²) in [6, 6.07) is 0. The van der Waals surface area contributed by atoms with E-state index in [1.165, 1.54) is 0 Å². The van der Waals surface area contributed by atoms with Crippen LogP contribution in [0.5, 0.6) is 0 Å². The van der Waals surface area contributed by atoms with Crippen molar-refractivity contribution < 1.29 is 23.8 Å². The first-order valence-corrected chi connectivity index (χ1v) is 8.59. The van der Waals surface area contributed by atoms with Gasteiger partial charge >= 0.3 is 5.97 Å². The first-order valence-electron chi connectivity index (χ1n) is 8.59. The molecule has 4 rings (SSSR count). The molecule has 0 N–H and O–H groups in total. The van der Waals surface area contributed by atoms with Crippen molar-refractivity contribution >= 4 is 11.9 Å². The zero-order valence-corrected chi connectivity index (χ0v) is 13.4. The number of carbonyl (C=O) groups excluding carboxylic acids is 2. The molecule has 0 saturated carbocycles. The second-order valence-electron chi connectivity index (χ2n) is 6.92. The van der Waals surface area contributed by atoms with Gasteiger partial charge in [0.25, 0.3) is 0 Å². The molecule has 6 nitrogen and oxygen atoms in total. The normalized spacial score (nSPS) is 40.9. The number of nitrogens with zero attached hydrogens (tertiary/aromatic N) is 1. The van der Waals surface area contributed by atoms with Crippen molar-refractivity contribution in [1.82, 2.24) is 4.90 Å². The number of esters is 1. The number of carbonyl (C=O) groups is 2. The molecule has 1 amide bonds. The maximum absolute atomic E-state index is 12.9. The molecule has 0 radical (unpaired) electrons. The lowest BCUT2D eigenvalue weighted by Crippen LogP contribution is -2.40. The Morgan fingerprint density at radius 3 is 3.13 bits per heavy atom. The highest BCUT2D eigenvalue weighted by Crippen LogP contribution is 2.52. The van der Waals surface area contributed by atoms with Crippen LogP contribution in [-0.2, 0) is 23.8 Å². The van der Waals surface area contributed by atoms with Gasteiger partial charge in [-0.05, 0) is 19.3 Å². The van der Waals surface area contributed by atoms with Gasteiger partial charge in [-0.3, -0.25) is 9.59 Å². The Kier molecular flexibility index (Phi) is 3.69. The molecule has 0 aromatic carbocycles. The molecule has 0 aromatic heterocycles. The fraction of sp³-hybridized carbons (Fsp3) is 0.765. The number of amides is 1. The Morgan fingerprint density at radius 2 is 2.39 bits per heavy atom. The van der Waals surface area contributed by atoms with Crippen molar-refractivity contribution in [3.8, 4) is 0 Å². The summed E-state index contributed by atoms with van der Waals surface area (Å²) in [5.41, 5.74) is -0.643. The molecule has 1 spiro atoms. The highest BCUT2D eigenvalue weighted by molar-refractivity contribution is 5.91. The van der Waals surface area contributed by atoms with Crippen molar-refractivity contribution in [2.45, 2.75) is 44.0 Å². The number of rotatable bonds is 5. The molecule has 126 valence electrons. The lowest BCUT2D eigenvalue weighted by Gasteiger charge is -2.23. The van der Waals surface area contributed by atoms with Crippen molar-refractivity contribution in [2.75, 3.05) is 26.3 Å². The average molecular weight is 321 g/mol. The number of fused-ring (bicyclic) bond motifs is 1. The van der Waals surface area contributed by atoms with Crippen LogP contribution in [-0.4, -0.2) is 60.9 Å². The van der Waals surface area contributed by atoms with E-state index in [-0.39, 0.29) is 24.1 Å². The van der Waals surface area contributed by atoms with E-state index in [1.54, 1.807) is 0 Å². The molecule has 3 fully saturated rings. The summed E-state index contributed by atoms with van der Waals surface area (Å²) < 4.78 is 17.0. The topological polar surface area (TPSA) is 65.1 Å². The minimum Gasteiger partial charge on any atom is -0.465 e. The lowest BCUT2D eigenvalue weighted by atomic mass is 9.77. The fourth-order valence-electron chi connectivity index (χ4n) is 4.33. The van der Waals surface area contributed by atoms with Gasteiger partial charge in [0.1, 0.15) is 11.5 Å². The van der Waals surface area contributed by atoms with Gasteiger partial charge in [0.2, 0.25) is 5.91 Å². The first kappa shape index (κ1) is 15.1.